The minimum Gasteiger partial charge on any atom is -0.497 e. The molecule has 0 aliphatic heterocycles. The number of alkyl halides is 2. The van der Waals surface area contributed by atoms with E-state index < -0.39 is 12.5 Å². The van der Waals surface area contributed by atoms with E-state index in [1.807, 2.05) is 12.1 Å². The molecule has 0 atom stereocenters. The predicted molar refractivity (Wildman–Crippen MR) is 127 cm³/mol. The highest BCUT2D eigenvalue weighted by Gasteiger charge is 2.22. The summed E-state index contributed by atoms with van der Waals surface area (Å²) in [5.74, 6) is -2.28. The summed E-state index contributed by atoms with van der Waals surface area (Å²) in [5.41, 5.74) is 2.50. The highest BCUT2D eigenvalue weighted by Crippen LogP contribution is 2.27. The topological polar surface area (TPSA) is 89.3 Å². The average molecular weight is 466 g/mol. The molecular weight excluding hydrogens is 442 g/mol. The monoisotopic (exact) mass is 466 g/mol. The van der Waals surface area contributed by atoms with Crippen molar-refractivity contribution in [3.63, 3.8) is 0 Å². The number of hydrogen-bond acceptors (Lipinski definition) is 6. The van der Waals surface area contributed by atoms with Gasteiger partial charge in [-0.15, -0.1) is 0 Å². The first-order chi connectivity index (χ1) is 16.3. The molecule has 0 spiro atoms. The lowest BCUT2D eigenvalue weighted by molar-refractivity contribution is 0.0366. The molecule has 2 aromatic carbocycles. The molecule has 176 valence electrons. The molecule has 34 heavy (non-hydrogen) atoms. The maximum atomic E-state index is 13.7. The normalized spacial score (nSPS) is 11.6. The Kier molecular flexibility index (Phi) is 6.56. The fourth-order valence-electron chi connectivity index (χ4n) is 3.59. The van der Waals surface area contributed by atoms with Crippen LogP contribution in [-0.2, 0) is 6.42 Å². The summed E-state index contributed by atoms with van der Waals surface area (Å²) in [7, 11) is 1.56. The van der Waals surface area contributed by atoms with Gasteiger partial charge in [-0.25, -0.2) is 18.7 Å². The smallest absolute Gasteiger partial charge is 0.265 e. The third-order valence-electron chi connectivity index (χ3n) is 5.31. The number of aromatic nitrogens is 3. The summed E-state index contributed by atoms with van der Waals surface area (Å²) in [6.07, 6.45) is 3.62. The molecule has 0 aliphatic carbocycles. The van der Waals surface area contributed by atoms with Gasteiger partial charge < -0.3 is 15.2 Å². The van der Waals surface area contributed by atoms with E-state index in [9.17, 15) is 18.7 Å². The van der Waals surface area contributed by atoms with Crippen molar-refractivity contribution < 1.29 is 18.6 Å². The van der Waals surface area contributed by atoms with Crippen molar-refractivity contribution in [3.05, 3.63) is 76.8 Å². The van der Waals surface area contributed by atoms with Crippen LogP contribution in [0.3, 0.4) is 0 Å². The minimum absolute atomic E-state index is 0.00812. The first-order valence-electron chi connectivity index (χ1n) is 10.7. The van der Waals surface area contributed by atoms with Crippen molar-refractivity contribution in [3.8, 4) is 22.6 Å². The van der Waals surface area contributed by atoms with E-state index in [1.165, 1.54) is 10.8 Å². The number of halogens is 2. The van der Waals surface area contributed by atoms with E-state index in [4.69, 9.17) is 4.74 Å². The number of aliphatic hydroxyl groups excluding tert-OH is 1. The Morgan fingerprint density at radius 1 is 1.12 bits per heavy atom. The molecule has 2 aromatic heterocycles. The zero-order valence-corrected chi connectivity index (χ0v) is 18.8. The largest absolute Gasteiger partial charge is 0.497 e. The van der Waals surface area contributed by atoms with Crippen LogP contribution in [0.25, 0.3) is 27.7 Å². The Morgan fingerprint density at radius 3 is 2.44 bits per heavy atom. The first-order valence-corrected chi connectivity index (χ1v) is 10.7. The minimum atomic E-state index is -2.94. The second-order valence-corrected chi connectivity index (χ2v) is 7.97. The predicted octanol–water partition coefficient (Wildman–Crippen LogP) is 4.06. The van der Waals surface area contributed by atoms with Gasteiger partial charge in [0.1, 0.15) is 5.75 Å². The standard InChI is InChI=1S/C25H24F2N4O3/c1-25(26,27)15-29-24-28-13-18-14-31(19-7-9-20(34-2)10-8-19)23(33)21(22(18)30-24)17-5-3-16(4-6-17)11-12-32/h3-10,13-14,32H,11-12,15H2,1-2H3,(H,29,30). The van der Waals surface area contributed by atoms with Gasteiger partial charge in [0.25, 0.3) is 11.5 Å². The molecule has 0 radical (unpaired) electrons. The zero-order chi connectivity index (χ0) is 24.3. The van der Waals surface area contributed by atoms with E-state index in [0.717, 1.165) is 12.5 Å². The van der Waals surface area contributed by atoms with Crippen LogP contribution in [0.2, 0.25) is 0 Å². The second kappa shape index (κ2) is 9.56. The van der Waals surface area contributed by atoms with Crippen LogP contribution in [0.15, 0.2) is 65.7 Å². The molecule has 4 rings (SSSR count). The van der Waals surface area contributed by atoms with Crippen molar-refractivity contribution in [2.45, 2.75) is 19.3 Å². The number of pyridine rings is 1. The van der Waals surface area contributed by atoms with Gasteiger partial charge in [0.2, 0.25) is 5.95 Å². The number of nitrogens with one attached hydrogen (secondary N) is 1. The van der Waals surface area contributed by atoms with Crippen LogP contribution < -0.4 is 15.6 Å². The lowest BCUT2D eigenvalue weighted by Gasteiger charge is -2.15. The van der Waals surface area contributed by atoms with Crippen LogP contribution in [-0.4, -0.2) is 45.8 Å². The fraction of sp³-hybridized carbons (Fsp3) is 0.240. The Hall–Kier alpha value is -3.85. The molecule has 0 amide bonds. The Balaban J connectivity index is 1.90. The molecule has 0 fully saturated rings. The van der Waals surface area contributed by atoms with Crippen molar-refractivity contribution in [2.24, 2.45) is 0 Å². The van der Waals surface area contributed by atoms with Gasteiger partial charge in [0.15, 0.2) is 0 Å². The average Bonchev–Trinajstić information content (AvgIpc) is 2.83. The van der Waals surface area contributed by atoms with Crippen LogP contribution in [0.4, 0.5) is 14.7 Å². The second-order valence-electron chi connectivity index (χ2n) is 7.97. The van der Waals surface area contributed by atoms with Gasteiger partial charge in [-0.3, -0.25) is 9.36 Å². The van der Waals surface area contributed by atoms with Crippen LogP contribution in [0.1, 0.15) is 12.5 Å². The quantitative estimate of drug-likeness (QED) is 0.407. The molecule has 2 heterocycles. The number of ether oxygens (including phenoxy) is 1. The fourth-order valence-corrected chi connectivity index (χ4v) is 3.59. The molecule has 0 unspecified atom stereocenters. The molecular formula is C25H24F2N4O3. The maximum Gasteiger partial charge on any atom is 0.265 e. The summed E-state index contributed by atoms with van der Waals surface area (Å²) in [4.78, 5) is 22.2. The van der Waals surface area contributed by atoms with Crippen molar-refractivity contribution in [2.75, 3.05) is 25.6 Å². The summed E-state index contributed by atoms with van der Waals surface area (Å²) < 4.78 is 33.4. The Morgan fingerprint density at radius 2 is 1.82 bits per heavy atom. The van der Waals surface area contributed by atoms with Gasteiger partial charge in [-0.05, 0) is 41.8 Å². The molecule has 0 bridgehead atoms. The summed E-state index contributed by atoms with van der Waals surface area (Å²) >= 11 is 0. The molecule has 2 N–H and O–H groups in total. The van der Waals surface area contributed by atoms with E-state index in [1.54, 1.807) is 49.7 Å². The molecule has 7 nitrogen and oxygen atoms in total. The lowest BCUT2D eigenvalue weighted by Crippen LogP contribution is -2.24. The molecule has 9 heteroatoms. The van der Waals surface area contributed by atoms with E-state index in [2.05, 4.69) is 15.3 Å². The van der Waals surface area contributed by atoms with Gasteiger partial charge in [-0.2, -0.15) is 0 Å². The first kappa shape index (κ1) is 23.3. The maximum absolute atomic E-state index is 13.7. The van der Waals surface area contributed by atoms with Crippen molar-refractivity contribution in [1.29, 1.82) is 0 Å². The van der Waals surface area contributed by atoms with Gasteiger partial charge in [0.05, 0.1) is 24.7 Å². The number of anilines is 1. The third kappa shape index (κ3) is 5.04. The highest BCUT2D eigenvalue weighted by molar-refractivity contribution is 5.93. The number of hydrogen-bond donors (Lipinski definition) is 2. The van der Waals surface area contributed by atoms with Gasteiger partial charge >= 0.3 is 0 Å². The van der Waals surface area contributed by atoms with Crippen LogP contribution in [0.5, 0.6) is 5.75 Å². The van der Waals surface area contributed by atoms with Crippen LogP contribution in [0, 0.1) is 0 Å². The SMILES string of the molecule is COc1ccc(-n2cc3cnc(NCC(C)(F)F)nc3c(-c3ccc(CCO)cc3)c2=O)cc1. The van der Waals surface area contributed by atoms with E-state index in [0.29, 0.717) is 39.9 Å². The number of rotatable bonds is 8. The lowest BCUT2D eigenvalue weighted by atomic mass is 10.0. The number of nitrogens with zero attached hydrogens (tertiary/aromatic N) is 3. The summed E-state index contributed by atoms with van der Waals surface area (Å²) in [6, 6.07) is 14.3. The molecule has 0 aliphatic rings. The van der Waals surface area contributed by atoms with E-state index in [-0.39, 0.29) is 18.1 Å². The summed E-state index contributed by atoms with van der Waals surface area (Å²) in [5, 5.41) is 12.3. The van der Waals surface area contributed by atoms with Gasteiger partial charge in [-0.1, -0.05) is 24.3 Å². The third-order valence-corrected chi connectivity index (χ3v) is 5.31. The Labute approximate surface area is 194 Å². The molecule has 0 saturated heterocycles. The van der Waals surface area contributed by atoms with Crippen LogP contribution >= 0.6 is 0 Å². The number of aliphatic hydroxyl groups is 1. The van der Waals surface area contributed by atoms with Crippen molar-refractivity contribution >= 4 is 16.9 Å². The molecule has 4 aromatic rings. The van der Waals surface area contributed by atoms with E-state index >= 15 is 0 Å². The molecule has 0 saturated carbocycles. The van der Waals surface area contributed by atoms with Gasteiger partial charge in [0, 0.05) is 37.0 Å². The highest BCUT2D eigenvalue weighted by atomic mass is 19.3. The number of fused-ring (bicyclic) bond motifs is 1. The number of methoxy groups -OCH3 is 1. The number of benzene rings is 2. The van der Waals surface area contributed by atoms with Crippen molar-refractivity contribution in [1.82, 2.24) is 14.5 Å². The zero-order valence-electron chi connectivity index (χ0n) is 18.8. The summed E-state index contributed by atoms with van der Waals surface area (Å²) in [6.45, 7) is 0.183. The Bertz CT molecular complexity index is 1350.